The summed E-state index contributed by atoms with van der Waals surface area (Å²) in [7, 11) is 0. The van der Waals surface area contributed by atoms with E-state index in [9.17, 15) is 25.1 Å². The van der Waals surface area contributed by atoms with E-state index < -0.39 is 34.2 Å². The number of carbonyl (C=O) groups is 1. The van der Waals surface area contributed by atoms with Crippen molar-refractivity contribution in [3.63, 3.8) is 0 Å². The van der Waals surface area contributed by atoms with Crippen LogP contribution in [0.5, 0.6) is 0 Å². The van der Waals surface area contributed by atoms with Gasteiger partial charge in [0.05, 0.1) is 16.6 Å². The summed E-state index contributed by atoms with van der Waals surface area (Å²) in [4.78, 5) is 26.3. The SMILES string of the molecule is C=C1[C@H]2C[C@H]3C4N5C[C@]6(C)CCC[C@]47[C@H]([C@H]2OC(=O)c2ccc([N+](=O)[O-])cc2)C3(C[C@]5(O)[C@H]67)[C@@H]1O. The summed E-state index contributed by atoms with van der Waals surface area (Å²) < 4.78 is 6.34. The highest BCUT2D eigenvalue weighted by Crippen LogP contribution is 2.89. The van der Waals surface area contributed by atoms with E-state index >= 15 is 0 Å². The first-order valence-corrected chi connectivity index (χ1v) is 12.9. The molecule has 2 N–H and O–H groups in total. The van der Waals surface area contributed by atoms with Gasteiger partial charge in [0, 0.05) is 53.3 Å². The van der Waals surface area contributed by atoms with Crippen LogP contribution in [0.2, 0.25) is 0 Å². The zero-order chi connectivity index (χ0) is 24.3. The van der Waals surface area contributed by atoms with Gasteiger partial charge in [-0.2, -0.15) is 0 Å². The molecule has 3 heterocycles. The Morgan fingerprint density at radius 2 is 2.00 bits per heavy atom. The molecule has 10 rings (SSSR count). The molecule has 0 radical (unpaired) electrons. The van der Waals surface area contributed by atoms with Crippen molar-refractivity contribution < 1.29 is 24.7 Å². The van der Waals surface area contributed by atoms with E-state index in [4.69, 9.17) is 4.74 Å². The number of esters is 1. The number of benzene rings is 1. The number of hydrogen-bond donors (Lipinski definition) is 2. The Kier molecular flexibility index (Phi) is 3.47. The van der Waals surface area contributed by atoms with Crippen LogP contribution in [0.15, 0.2) is 36.4 Å². The molecule has 8 nitrogen and oxygen atoms in total. The molecule has 1 aromatic carbocycles. The Morgan fingerprint density at radius 3 is 2.71 bits per heavy atom. The fourth-order valence-corrected chi connectivity index (χ4v) is 11.6. The minimum absolute atomic E-state index is 0.0125. The summed E-state index contributed by atoms with van der Waals surface area (Å²) in [5, 5.41) is 34.9. The number of non-ortho nitro benzene ring substituents is 1. The second-order valence-corrected chi connectivity index (χ2v) is 12.9. The Balaban J connectivity index is 1.25. The third-order valence-electron chi connectivity index (χ3n) is 11.9. The van der Waals surface area contributed by atoms with E-state index in [0.29, 0.717) is 12.0 Å². The minimum Gasteiger partial charge on any atom is -0.458 e. The molecule has 35 heavy (non-hydrogen) atoms. The fraction of sp³-hybridized carbons (Fsp3) is 0.667. The number of carbonyl (C=O) groups excluding carboxylic acids is 1. The maximum Gasteiger partial charge on any atom is 0.338 e. The van der Waals surface area contributed by atoms with Crippen molar-refractivity contribution in [2.24, 2.45) is 39.9 Å². The van der Waals surface area contributed by atoms with Gasteiger partial charge < -0.3 is 14.9 Å². The zero-order valence-corrected chi connectivity index (χ0v) is 19.7. The van der Waals surface area contributed by atoms with Crippen LogP contribution in [-0.4, -0.2) is 56.5 Å². The van der Waals surface area contributed by atoms with E-state index in [-0.39, 0.29) is 46.2 Å². The first-order valence-electron chi connectivity index (χ1n) is 12.9. The standard InChI is InChI=1S/C27H30N2O6/c1-13-16-10-17-20-25-9-3-8-24(2)12-28(20)27(32,23(24)25)11-26(17,21(13)30)19(25)18(16)35-22(31)14-4-6-15(7-5-14)29(33)34/h4-7,16-21,23,30,32H,1,3,8-12H2,2H3/t16-,17+,18+,19+,20?,21-,23-,24+,25+,26?,27+/m1/s1. The highest BCUT2D eigenvalue weighted by molar-refractivity contribution is 5.89. The number of nitro groups is 1. The lowest BCUT2D eigenvalue weighted by molar-refractivity contribution is -0.384. The van der Waals surface area contributed by atoms with Crippen molar-refractivity contribution in [3.05, 3.63) is 52.1 Å². The number of piperidine rings is 2. The van der Waals surface area contributed by atoms with E-state index in [0.717, 1.165) is 37.8 Å². The molecule has 184 valence electrons. The highest BCUT2D eigenvalue weighted by atomic mass is 16.6. The van der Waals surface area contributed by atoms with Crippen LogP contribution in [0.3, 0.4) is 0 Å². The summed E-state index contributed by atoms with van der Waals surface area (Å²) >= 11 is 0. The van der Waals surface area contributed by atoms with Crippen LogP contribution in [0, 0.1) is 50.0 Å². The van der Waals surface area contributed by atoms with Crippen LogP contribution < -0.4 is 0 Å². The molecule has 3 unspecified atom stereocenters. The number of fused-ring (bicyclic) bond motifs is 1. The number of rotatable bonds is 3. The third-order valence-corrected chi connectivity index (χ3v) is 11.9. The zero-order valence-electron chi connectivity index (χ0n) is 19.7. The monoisotopic (exact) mass is 478 g/mol. The largest absolute Gasteiger partial charge is 0.458 e. The van der Waals surface area contributed by atoms with Gasteiger partial charge in [-0.05, 0) is 54.7 Å². The summed E-state index contributed by atoms with van der Waals surface area (Å²) in [6.07, 6.45) is 3.45. The molecule has 6 saturated carbocycles. The van der Waals surface area contributed by atoms with Gasteiger partial charge in [0.15, 0.2) is 0 Å². The van der Waals surface area contributed by atoms with Crippen molar-refractivity contribution in [3.8, 4) is 0 Å². The number of nitro benzene ring substituents is 1. The van der Waals surface area contributed by atoms with Crippen molar-refractivity contribution in [2.75, 3.05) is 6.54 Å². The maximum absolute atomic E-state index is 13.4. The molecule has 3 aliphatic heterocycles. The number of aliphatic hydroxyl groups is 2. The Hall–Kier alpha value is -2.29. The van der Waals surface area contributed by atoms with Gasteiger partial charge in [0.2, 0.25) is 0 Å². The lowest BCUT2D eigenvalue weighted by atomic mass is 9.39. The van der Waals surface area contributed by atoms with Crippen LogP contribution in [0.1, 0.15) is 49.4 Å². The van der Waals surface area contributed by atoms with Crippen LogP contribution >= 0.6 is 0 Å². The minimum atomic E-state index is -0.898. The first-order chi connectivity index (χ1) is 16.6. The Morgan fingerprint density at radius 1 is 1.26 bits per heavy atom. The maximum atomic E-state index is 13.4. The average Bonchev–Trinajstić information content (AvgIpc) is 3.18. The molecule has 8 heteroatoms. The predicted octanol–water partition coefficient (Wildman–Crippen LogP) is 2.89. The lowest BCUT2D eigenvalue weighted by Crippen LogP contribution is -2.72. The van der Waals surface area contributed by atoms with E-state index in [1.807, 2.05) is 0 Å². The van der Waals surface area contributed by atoms with Crippen LogP contribution in [-0.2, 0) is 4.74 Å². The summed E-state index contributed by atoms with van der Waals surface area (Å²) in [5.74, 6) is -0.197. The van der Waals surface area contributed by atoms with Gasteiger partial charge in [0.25, 0.3) is 5.69 Å². The second kappa shape index (κ2) is 5.82. The molecule has 9 bridgehead atoms. The highest BCUT2D eigenvalue weighted by Gasteiger charge is 2.93. The van der Waals surface area contributed by atoms with Gasteiger partial charge in [-0.1, -0.05) is 19.9 Å². The number of ether oxygens (including phenoxy) is 1. The Labute approximate surface area is 203 Å². The van der Waals surface area contributed by atoms with Gasteiger partial charge in [-0.3, -0.25) is 15.0 Å². The molecule has 9 fully saturated rings. The molecule has 0 aromatic heterocycles. The molecule has 3 saturated heterocycles. The second-order valence-electron chi connectivity index (χ2n) is 12.9. The number of nitrogens with zero attached hydrogens (tertiary/aromatic N) is 2. The summed E-state index contributed by atoms with van der Waals surface area (Å²) in [5.41, 5.74) is -0.579. The lowest BCUT2D eigenvalue weighted by Gasteiger charge is -2.67. The van der Waals surface area contributed by atoms with Gasteiger partial charge >= 0.3 is 5.97 Å². The van der Waals surface area contributed by atoms with Crippen molar-refractivity contribution in [1.82, 2.24) is 4.90 Å². The molecular weight excluding hydrogens is 448 g/mol. The fourth-order valence-electron chi connectivity index (χ4n) is 11.6. The van der Waals surface area contributed by atoms with Gasteiger partial charge in [0.1, 0.15) is 11.8 Å². The predicted molar refractivity (Wildman–Crippen MR) is 123 cm³/mol. The molecule has 9 aliphatic rings. The number of hydrogen-bond acceptors (Lipinski definition) is 7. The molecular formula is C27H30N2O6. The quantitative estimate of drug-likeness (QED) is 0.297. The van der Waals surface area contributed by atoms with Crippen LogP contribution in [0.4, 0.5) is 5.69 Å². The molecule has 0 amide bonds. The van der Waals surface area contributed by atoms with Crippen molar-refractivity contribution in [2.45, 2.75) is 63.0 Å². The number of aliphatic hydroxyl groups excluding tert-OH is 1. The summed E-state index contributed by atoms with van der Waals surface area (Å²) in [6, 6.07) is 5.77. The van der Waals surface area contributed by atoms with Gasteiger partial charge in [-0.25, -0.2) is 4.79 Å². The molecule has 6 aliphatic carbocycles. The van der Waals surface area contributed by atoms with Crippen LogP contribution in [0.25, 0.3) is 0 Å². The van der Waals surface area contributed by atoms with Gasteiger partial charge in [-0.15, -0.1) is 0 Å². The topological polar surface area (TPSA) is 113 Å². The average molecular weight is 479 g/mol. The van der Waals surface area contributed by atoms with Crippen molar-refractivity contribution >= 4 is 11.7 Å². The van der Waals surface area contributed by atoms with E-state index in [2.05, 4.69) is 18.4 Å². The third kappa shape index (κ3) is 1.92. The van der Waals surface area contributed by atoms with E-state index in [1.165, 1.54) is 24.3 Å². The Bertz CT molecular complexity index is 1230. The van der Waals surface area contributed by atoms with Crippen molar-refractivity contribution in [1.29, 1.82) is 0 Å². The molecule has 12 atom stereocenters. The first kappa shape index (κ1) is 20.9. The smallest absolute Gasteiger partial charge is 0.338 e. The van der Waals surface area contributed by atoms with E-state index in [1.54, 1.807) is 0 Å². The summed E-state index contributed by atoms with van der Waals surface area (Å²) in [6.45, 7) is 7.51. The molecule has 2 spiro atoms. The normalized spacial score (nSPS) is 55.5. The molecule has 1 aromatic rings.